The Morgan fingerprint density at radius 2 is 1.50 bits per heavy atom. The summed E-state index contributed by atoms with van der Waals surface area (Å²) in [5.41, 5.74) is 0. The van der Waals surface area contributed by atoms with Gasteiger partial charge in [0.05, 0.1) is 12.5 Å². The average molecular weight is 194 g/mol. The van der Waals surface area contributed by atoms with E-state index < -0.39 is 5.97 Å². The first kappa shape index (κ1) is 10.1. The number of fused-ring (bicyclic) bond motifs is 1. The number of aliphatic carboxylic acids is 1. The third-order valence-electron chi connectivity index (χ3n) is 1.29. The maximum atomic E-state index is 9.00. The van der Waals surface area contributed by atoms with E-state index in [9.17, 15) is 0 Å². The lowest BCUT2D eigenvalue weighted by molar-refractivity contribution is -0.134. The van der Waals surface area contributed by atoms with Gasteiger partial charge in [0.25, 0.3) is 5.97 Å². The van der Waals surface area contributed by atoms with Gasteiger partial charge < -0.3 is 14.6 Å². The van der Waals surface area contributed by atoms with Crippen molar-refractivity contribution in [2.75, 3.05) is 0 Å². The minimum Gasteiger partial charge on any atom is -0.481 e. The monoisotopic (exact) mass is 194 g/mol. The van der Waals surface area contributed by atoms with Crippen LogP contribution in [0.4, 0.5) is 0 Å². The Morgan fingerprint density at radius 3 is 1.86 bits per heavy atom. The standard InChI is InChI=1S/C8H6O2.C2H4O2/c1-3-7-8(9-5-1)4-2-6-10-7;1-2(3)4/h1-6H;1H3,(H,3,4). The fourth-order valence-electron chi connectivity index (χ4n) is 0.838. The first-order chi connectivity index (χ1) is 6.70. The van der Waals surface area contributed by atoms with E-state index in [1.165, 1.54) is 0 Å². The predicted octanol–water partition coefficient (Wildman–Crippen LogP) is 1.93. The molecule has 0 aromatic heterocycles. The van der Waals surface area contributed by atoms with E-state index in [1.54, 1.807) is 24.7 Å². The van der Waals surface area contributed by atoms with Crippen LogP contribution >= 0.6 is 0 Å². The molecule has 4 nitrogen and oxygen atoms in total. The van der Waals surface area contributed by atoms with Crippen molar-refractivity contribution >= 4 is 5.97 Å². The molecule has 2 heterocycles. The van der Waals surface area contributed by atoms with Crippen LogP contribution in [0.3, 0.4) is 0 Å². The summed E-state index contributed by atoms with van der Waals surface area (Å²) in [4.78, 5) is 9.00. The number of rotatable bonds is 0. The number of hydrogen-bond acceptors (Lipinski definition) is 3. The maximum absolute atomic E-state index is 9.00. The molecule has 0 fully saturated rings. The van der Waals surface area contributed by atoms with Crippen LogP contribution in [0.5, 0.6) is 0 Å². The van der Waals surface area contributed by atoms with Crippen LogP contribution in [0.15, 0.2) is 48.3 Å². The van der Waals surface area contributed by atoms with Crippen molar-refractivity contribution in [3.8, 4) is 0 Å². The van der Waals surface area contributed by atoms with Crippen LogP contribution < -0.4 is 0 Å². The number of carbonyl (C=O) groups is 1. The lowest BCUT2D eigenvalue weighted by Gasteiger charge is -2.14. The second-order valence-corrected chi connectivity index (χ2v) is 2.47. The molecule has 0 unspecified atom stereocenters. The summed E-state index contributed by atoms with van der Waals surface area (Å²) in [7, 11) is 0. The Balaban J connectivity index is 0.000000213. The molecule has 2 aliphatic rings. The number of ether oxygens (including phenoxy) is 2. The Bertz CT molecular complexity index is 302. The molecule has 4 heteroatoms. The predicted molar refractivity (Wildman–Crippen MR) is 49.9 cm³/mol. The quantitative estimate of drug-likeness (QED) is 0.640. The Hall–Kier alpha value is -1.97. The fraction of sp³-hybridized carbons (Fsp3) is 0.100. The molecular formula is C10H10O4. The zero-order valence-corrected chi connectivity index (χ0v) is 7.64. The van der Waals surface area contributed by atoms with Crippen LogP contribution in [0, 0.1) is 0 Å². The van der Waals surface area contributed by atoms with Gasteiger partial charge in [-0.1, -0.05) is 0 Å². The average Bonchev–Trinajstić information content (AvgIpc) is 2.17. The summed E-state index contributed by atoms with van der Waals surface area (Å²) in [6.07, 6.45) is 10.6. The zero-order chi connectivity index (χ0) is 10.4. The molecule has 0 spiro atoms. The molecule has 0 aromatic rings. The van der Waals surface area contributed by atoms with Crippen LogP contribution in [-0.4, -0.2) is 11.1 Å². The van der Waals surface area contributed by atoms with Crippen molar-refractivity contribution in [2.45, 2.75) is 6.92 Å². The molecule has 0 saturated heterocycles. The molecule has 0 saturated carbocycles. The summed E-state index contributed by atoms with van der Waals surface area (Å²) < 4.78 is 10.2. The largest absolute Gasteiger partial charge is 0.481 e. The SMILES string of the molecule is C1=COC2=CC=COC2=C1.CC(=O)O. The normalized spacial score (nSPS) is 16.1. The van der Waals surface area contributed by atoms with Gasteiger partial charge >= 0.3 is 0 Å². The van der Waals surface area contributed by atoms with Crippen molar-refractivity contribution in [1.82, 2.24) is 0 Å². The third kappa shape index (κ3) is 3.18. The van der Waals surface area contributed by atoms with Gasteiger partial charge in [-0.2, -0.15) is 0 Å². The molecule has 0 aliphatic carbocycles. The van der Waals surface area contributed by atoms with E-state index in [2.05, 4.69) is 0 Å². The molecule has 0 amide bonds. The molecule has 0 atom stereocenters. The van der Waals surface area contributed by atoms with E-state index in [-0.39, 0.29) is 0 Å². The molecular weight excluding hydrogens is 184 g/mol. The summed E-state index contributed by atoms with van der Waals surface area (Å²) >= 11 is 0. The molecule has 14 heavy (non-hydrogen) atoms. The zero-order valence-electron chi connectivity index (χ0n) is 7.64. The molecule has 2 aliphatic heterocycles. The smallest absolute Gasteiger partial charge is 0.300 e. The third-order valence-corrected chi connectivity index (χ3v) is 1.29. The molecule has 2 rings (SSSR count). The van der Waals surface area contributed by atoms with Crippen LogP contribution in [0.1, 0.15) is 6.92 Å². The topological polar surface area (TPSA) is 55.8 Å². The highest BCUT2D eigenvalue weighted by molar-refractivity contribution is 5.62. The van der Waals surface area contributed by atoms with E-state index in [1.807, 2.05) is 12.2 Å². The molecule has 0 bridgehead atoms. The van der Waals surface area contributed by atoms with Gasteiger partial charge in [0.15, 0.2) is 11.5 Å². The number of carboxylic acids is 1. The van der Waals surface area contributed by atoms with Crippen molar-refractivity contribution in [1.29, 1.82) is 0 Å². The Morgan fingerprint density at radius 1 is 1.14 bits per heavy atom. The lowest BCUT2D eigenvalue weighted by Crippen LogP contribution is -1.99. The highest BCUT2D eigenvalue weighted by atomic mass is 16.5. The minimum atomic E-state index is -0.833. The summed E-state index contributed by atoms with van der Waals surface area (Å²) in [5.74, 6) is 0.704. The summed E-state index contributed by atoms with van der Waals surface area (Å²) in [6, 6.07) is 0. The van der Waals surface area contributed by atoms with Crippen LogP contribution in [-0.2, 0) is 14.3 Å². The minimum absolute atomic E-state index is 0.769. The lowest BCUT2D eigenvalue weighted by atomic mass is 10.3. The van der Waals surface area contributed by atoms with Crippen molar-refractivity contribution in [3.05, 3.63) is 48.3 Å². The molecule has 1 N–H and O–H groups in total. The number of carboxylic acid groups (broad SMARTS) is 1. The van der Waals surface area contributed by atoms with Gasteiger partial charge in [-0.05, 0) is 24.3 Å². The van der Waals surface area contributed by atoms with E-state index >= 15 is 0 Å². The summed E-state index contributed by atoms with van der Waals surface area (Å²) in [6.45, 7) is 1.08. The van der Waals surface area contributed by atoms with Crippen LogP contribution in [0.2, 0.25) is 0 Å². The van der Waals surface area contributed by atoms with Gasteiger partial charge in [-0.3, -0.25) is 4.79 Å². The van der Waals surface area contributed by atoms with E-state index in [4.69, 9.17) is 19.4 Å². The highest BCUT2D eigenvalue weighted by Crippen LogP contribution is 2.20. The summed E-state index contributed by atoms with van der Waals surface area (Å²) in [5, 5.41) is 7.42. The fourth-order valence-corrected chi connectivity index (χ4v) is 0.838. The second-order valence-electron chi connectivity index (χ2n) is 2.47. The van der Waals surface area contributed by atoms with Crippen molar-refractivity contribution in [2.24, 2.45) is 0 Å². The van der Waals surface area contributed by atoms with E-state index in [0.717, 1.165) is 18.4 Å². The number of allylic oxidation sites excluding steroid dienone is 4. The van der Waals surface area contributed by atoms with Gasteiger partial charge in [0.2, 0.25) is 0 Å². The highest BCUT2D eigenvalue weighted by Gasteiger charge is 2.10. The van der Waals surface area contributed by atoms with Crippen LogP contribution in [0.25, 0.3) is 0 Å². The van der Waals surface area contributed by atoms with Gasteiger partial charge in [0.1, 0.15) is 0 Å². The maximum Gasteiger partial charge on any atom is 0.300 e. The number of hydrogen-bond donors (Lipinski definition) is 1. The first-order valence-corrected chi connectivity index (χ1v) is 3.97. The molecule has 74 valence electrons. The van der Waals surface area contributed by atoms with Gasteiger partial charge in [-0.25, -0.2) is 0 Å². The van der Waals surface area contributed by atoms with Gasteiger partial charge in [-0.15, -0.1) is 0 Å². The van der Waals surface area contributed by atoms with E-state index in [0.29, 0.717) is 0 Å². The second kappa shape index (κ2) is 4.91. The van der Waals surface area contributed by atoms with Crippen molar-refractivity contribution < 1.29 is 19.4 Å². The molecule has 0 aromatic carbocycles. The first-order valence-electron chi connectivity index (χ1n) is 3.97. The van der Waals surface area contributed by atoms with Crippen molar-refractivity contribution in [3.63, 3.8) is 0 Å². The Kier molecular flexibility index (Phi) is 3.55. The van der Waals surface area contributed by atoms with Gasteiger partial charge in [0, 0.05) is 6.92 Å². The Labute approximate surface area is 81.4 Å². The molecule has 0 radical (unpaired) electrons.